The van der Waals surface area contributed by atoms with Crippen molar-refractivity contribution in [1.29, 1.82) is 0 Å². The minimum atomic E-state index is 0.0890. The quantitative estimate of drug-likeness (QED) is 0.942. The van der Waals surface area contributed by atoms with Gasteiger partial charge in [-0.2, -0.15) is 0 Å². The van der Waals surface area contributed by atoms with Crippen molar-refractivity contribution in [2.45, 2.75) is 32.7 Å². The lowest BCUT2D eigenvalue weighted by atomic mass is 9.83. The summed E-state index contributed by atoms with van der Waals surface area (Å²) in [5, 5.41) is 6.97. The first-order valence-electron chi connectivity index (χ1n) is 6.86. The number of fused-ring (bicyclic) bond motifs is 1. The summed E-state index contributed by atoms with van der Waals surface area (Å²) in [6.45, 7) is 2.46. The van der Waals surface area contributed by atoms with Crippen LogP contribution in [-0.4, -0.2) is 15.5 Å². The second kappa shape index (κ2) is 5.71. The first-order chi connectivity index (χ1) is 9.74. The van der Waals surface area contributed by atoms with Crippen molar-refractivity contribution in [2.24, 2.45) is 5.92 Å². The summed E-state index contributed by atoms with van der Waals surface area (Å²) in [5.41, 5.74) is 3.61. The Bertz CT molecular complexity index is 623. The van der Waals surface area contributed by atoms with Crippen molar-refractivity contribution in [1.82, 2.24) is 14.9 Å². The predicted molar refractivity (Wildman–Crippen MR) is 78.4 cm³/mol. The van der Waals surface area contributed by atoms with E-state index in [1.165, 1.54) is 22.7 Å². The van der Waals surface area contributed by atoms with Crippen LogP contribution < -0.4 is 5.32 Å². The first-order valence-corrected chi connectivity index (χ1v) is 7.63. The molecule has 0 saturated carbocycles. The number of hydrogen-bond acceptors (Lipinski definition) is 4. The van der Waals surface area contributed by atoms with Crippen LogP contribution in [0.5, 0.6) is 0 Å². The average Bonchev–Trinajstić information content (AvgIpc) is 2.89. The molecule has 1 amide bonds. The van der Waals surface area contributed by atoms with E-state index >= 15 is 0 Å². The third kappa shape index (κ3) is 2.72. The number of hydrogen-bond donors (Lipinski definition) is 1. The van der Waals surface area contributed by atoms with Crippen LogP contribution in [-0.2, 0) is 24.2 Å². The SMILES string of the molecule is Cc1nnsc1CNC(=O)[C@H]1CCc2ccccc2C1. The van der Waals surface area contributed by atoms with E-state index in [0.717, 1.165) is 29.8 Å². The maximum absolute atomic E-state index is 12.3. The van der Waals surface area contributed by atoms with Crippen LogP contribution in [0, 0.1) is 12.8 Å². The van der Waals surface area contributed by atoms with Gasteiger partial charge in [-0.15, -0.1) is 5.10 Å². The van der Waals surface area contributed by atoms with Gasteiger partial charge in [0.25, 0.3) is 0 Å². The number of rotatable bonds is 3. The molecule has 104 valence electrons. The van der Waals surface area contributed by atoms with E-state index in [1.54, 1.807) is 0 Å². The van der Waals surface area contributed by atoms with Crippen molar-refractivity contribution >= 4 is 17.4 Å². The summed E-state index contributed by atoms with van der Waals surface area (Å²) in [4.78, 5) is 13.3. The van der Waals surface area contributed by atoms with Crippen LogP contribution in [0.2, 0.25) is 0 Å². The third-order valence-electron chi connectivity index (χ3n) is 3.89. The molecule has 3 rings (SSSR count). The van der Waals surface area contributed by atoms with Crippen LogP contribution >= 0.6 is 11.5 Å². The van der Waals surface area contributed by atoms with Crippen LogP contribution in [0.4, 0.5) is 0 Å². The highest BCUT2D eigenvalue weighted by Gasteiger charge is 2.24. The molecule has 0 fully saturated rings. The van der Waals surface area contributed by atoms with Crippen LogP contribution in [0.25, 0.3) is 0 Å². The fraction of sp³-hybridized carbons (Fsp3) is 0.400. The standard InChI is InChI=1S/C15H17N3OS/c1-10-14(20-18-17-10)9-16-15(19)13-7-6-11-4-2-3-5-12(11)8-13/h2-5,13H,6-9H2,1H3,(H,16,19)/t13-/m0/s1. The molecular weight excluding hydrogens is 270 g/mol. The number of carbonyl (C=O) groups is 1. The van der Waals surface area contributed by atoms with Gasteiger partial charge in [-0.05, 0) is 48.8 Å². The van der Waals surface area contributed by atoms with E-state index in [-0.39, 0.29) is 11.8 Å². The molecular formula is C15H17N3OS. The van der Waals surface area contributed by atoms with Gasteiger partial charge in [-0.25, -0.2) is 0 Å². The number of benzene rings is 1. The molecule has 20 heavy (non-hydrogen) atoms. The molecule has 2 aromatic rings. The molecule has 0 radical (unpaired) electrons. The van der Waals surface area contributed by atoms with Gasteiger partial charge < -0.3 is 5.32 Å². The summed E-state index contributed by atoms with van der Waals surface area (Å²) in [7, 11) is 0. The minimum Gasteiger partial charge on any atom is -0.351 e. The van der Waals surface area contributed by atoms with Crippen molar-refractivity contribution in [2.75, 3.05) is 0 Å². The zero-order chi connectivity index (χ0) is 13.9. The molecule has 1 aromatic heterocycles. The second-order valence-corrected chi connectivity index (χ2v) is 6.05. The average molecular weight is 287 g/mol. The molecule has 5 heteroatoms. The van der Waals surface area contributed by atoms with Crippen molar-refractivity contribution in [3.8, 4) is 0 Å². The van der Waals surface area contributed by atoms with Crippen molar-refractivity contribution in [3.63, 3.8) is 0 Å². The number of nitrogens with one attached hydrogen (secondary N) is 1. The number of amides is 1. The van der Waals surface area contributed by atoms with E-state index in [0.29, 0.717) is 6.54 Å². The summed E-state index contributed by atoms with van der Waals surface area (Å²) in [6, 6.07) is 8.41. The Kier molecular flexibility index (Phi) is 3.78. The Labute approximate surface area is 122 Å². The van der Waals surface area contributed by atoms with E-state index < -0.39 is 0 Å². The van der Waals surface area contributed by atoms with Crippen molar-refractivity contribution < 1.29 is 4.79 Å². The summed E-state index contributed by atoms with van der Waals surface area (Å²) >= 11 is 1.35. The Morgan fingerprint density at radius 2 is 2.20 bits per heavy atom. The highest BCUT2D eigenvalue weighted by Crippen LogP contribution is 2.25. The number of aromatic nitrogens is 2. The number of carbonyl (C=O) groups excluding carboxylic acids is 1. The lowest BCUT2D eigenvalue weighted by Crippen LogP contribution is -2.33. The number of aryl methyl sites for hydroxylation is 2. The monoisotopic (exact) mass is 287 g/mol. The molecule has 0 aliphatic heterocycles. The fourth-order valence-electron chi connectivity index (χ4n) is 2.65. The molecule has 0 unspecified atom stereocenters. The Balaban J connectivity index is 1.60. The molecule has 1 aliphatic rings. The lowest BCUT2D eigenvalue weighted by molar-refractivity contribution is -0.125. The molecule has 1 heterocycles. The Hall–Kier alpha value is -1.75. The van der Waals surface area contributed by atoms with Gasteiger partial charge in [0.05, 0.1) is 17.1 Å². The zero-order valence-corrected chi connectivity index (χ0v) is 12.2. The third-order valence-corrected chi connectivity index (χ3v) is 4.71. The van der Waals surface area contributed by atoms with Gasteiger partial charge in [0, 0.05) is 5.92 Å². The highest BCUT2D eigenvalue weighted by atomic mass is 32.1. The first kappa shape index (κ1) is 13.2. The van der Waals surface area contributed by atoms with Gasteiger partial charge >= 0.3 is 0 Å². The van der Waals surface area contributed by atoms with Crippen molar-refractivity contribution in [3.05, 3.63) is 46.0 Å². The molecule has 1 N–H and O–H groups in total. The largest absolute Gasteiger partial charge is 0.351 e. The molecule has 1 aliphatic carbocycles. The summed E-state index contributed by atoms with van der Waals surface area (Å²) in [5.74, 6) is 0.235. The van der Waals surface area contributed by atoms with Gasteiger partial charge in [-0.3, -0.25) is 4.79 Å². The predicted octanol–water partition coefficient (Wildman–Crippen LogP) is 2.27. The Morgan fingerprint density at radius 1 is 1.40 bits per heavy atom. The van der Waals surface area contributed by atoms with E-state index in [9.17, 15) is 4.79 Å². The molecule has 0 saturated heterocycles. The Morgan fingerprint density at radius 3 is 2.95 bits per heavy atom. The molecule has 1 aromatic carbocycles. The molecule has 0 bridgehead atoms. The van der Waals surface area contributed by atoms with E-state index in [2.05, 4.69) is 33.1 Å². The smallest absolute Gasteiger partial charge is 0.223 e. The highest BCUT2D eigenvalue weighted by molar-refractivity contribution is 7.05. The zero-order valence-electron chi connectivity index (χ0n) is 11.4. The van der Waals surface area contributed by atoms with E-state index in [4.69, 9.17) is 0 Å². The van der Waals surface area contributed by atoms with Gasteiger partial charge in [0.1, 0.15) is 0 Å². The summed E-state index contributed by atoms with van der Waals surface area (Å²) in [6.07, 6.45) is 2.78. The topological polar surface area (TPSA) is 54.9 Å². The second-order valence-electron chi connectivity index (χ2n) is 5.21. The van der Waals surface area contributed by atoms with Crippen LogP contribution in [0.15, 0.2) is 24.3 Å². The molecule has 1 atom stereocenters. The molecule has 0 spiro atoms. The van der Waals surface area contributed by atoms with Crippen LogP contribution in [0.1, 0.15) is 28.1 Å². The number of nitrogens with zero attached hydrogens (tertiary/aromatic N) is 2. The van der Waals surface area contributed by atoms with Gasteiger partial charge in [0.15, 0.2) is 0 Å². The summed E-state index contributed by atoms with van der Waals surface area (Å²) < 4.78 is 3.88. The maximum Gasteiger partial charge on any atom is 0.223 e. The fourth-order valence-corrected chi connectivity index (χ4v) is 3.22. The van der Waals surface area contributed by atoms with E-state index in [1.807, 2.05) is 13.0 Å². The van der Waals surface area contributed by atoms with Gasteiger partial charge in [-0.1, -0.05) is 28.8 Å². The minimum absolute atomic E-state index is 0.0890. The molecule has 4 nitrogen and oxygen atoms in total. The lowest BCUT2D eigenvalue weighted by Gasteiger charge is -2.23. The van der Waals surface area contributed by atoms with Gasteiger partial charge in [0.2, 0.25) is 5.91 Å². The normalized spacial score (nSPS) is 17.6. The maximum atomic E-state index is 12.3. The van der Waals surface area contributed by atoms with Crippen LogP contribution in [0.3, 0.4) is 0 Å².